The fraction of sp³-hybridized carbons (Fsp3) is 0.564. The van der Waals surface area contributed by atoms with E-state index in [1.54, 1.807) is 48.4 Å². The summed E-state index contributed by atoms with van der Waals surface area (Å²) < 4.78 is 41.3. The second-order valence-electron chi connectivity index (χ2n) is 18.8. The monoisotopic (exact) mass is 956 g/mol. The van der Waals surface area contributed by atoms with Crippen molar-refractivity contribution >= 4 is 17.5 Å². The number of benzene rings is 3. The van der Waals surface area contributed by atoms with E-state index >= 15 is 0 Å². The summed E-state index contributed by atoms with van der Waals surface area (Å²) in [5.41, 5.74) is 3.40. The van der Waals surface area contributed by atoms with Gasteiger partial charge in [-0.15, -0.1) is 6.58 Å². The van der Waals surface area contributed by atoms with Crippen molar-refractivity contribution < 1.29 is 48.1 Å². The lowest BCUT2D eigenvalue weighted by atomic mass is 9.55. The number of allylic oxidation sites excluding steroid dienone is 1. The number of halogens is 1. The molecule has 1 fully saturated rings. The number of amides is 1. The molecule has 13 nitrogen and oxygen atoms in total. The molecule has 1 saturated carbocycles. The summed E-state index contributed by atoms with van der Waals surface area (Å²) in [5, 5.41) is 36.1. The standard InChI is InChI=1S/C55H74FN3O10/c1-4-6-7-8-9-10-11-12-13-20-34-65-54(62)58(3)51-37-49(57-68-38-40-25-27-43(28-26-40)59(63)64)46-35-41(21-16-18-31-60)45(23-17-19-32-61)52-47-36-44(66-39-42-22-14-15-24-48(42)56)29-30-50(47)69-55(51,53(46)52)67-33-5-2/h5,14-15,22,24-30,35-36,41,45,51-53,60-61H,2,4,6-13,16-21,23,31-34,37-39H2,1,3H3/t41-,45+,51-,52+,53+,55+/m0/s1. The van der Waals surface area contributed by atoms with Gasteiger partial charge in [0.2, 0.25) is 5.79 Å². The third kappa shape index (κ3) is 13.9. The third-order valence-corrected chi connectivity index (χ3v) is 14.0. The van der Waals surface area contributed by atoms with Gasteiger partial charge >= 0.3 is 6.09 Å². The highest BCUT2D eigenvalue weighted by Crippen LogP contribution is 2.62. The number of carbonyl (C=O) groups is 1. The minimum absolute atomic E-state index is 0.00212. The van der Waals surface area contributed by atoms with E-state index in [2.05, 4.69) is 19.6 Å². The van der Waals surface area contributed by atoms with Crippen LogP contribution in [0.1, 0.15) is 139 Å². The molecule has 2 aliphatic carbocycles. The van der Waals surface area contributed by atoms with Crippen molar-refractivity contribution in [1.82, 2.24) is 4.90 Å². The molecule has 69 heavy (non-hydrogen) atoms. The number of nitro benzene ring substituents is 1. The number of rotatable bonds is 30. The predicted octanol–water partition coefficient (Wildman–Crippen LogP) is 12.1. The number of nitro groups is 1. The Morgan fingerprint density at radius 2 is 1.62 bits per heavy atom. The van der Waals surface area contributed by atoms with Crippen LogP contribution in [0.2, 0.25) is 0 Å². The lowest BCUT2D eigenvalue weighted by Gasteiger charge is -2.59. The first kappa shape index (κ1) is 53.0. The number of aliphatic hydroxyl groups excluding tert-OH is 2. The van der Waals surface area contributed by atoms with Gasteiger partial charge in [0.1, 0.15) is 36.6 Å². The van der Waals surface area contributed by atoms with E-state index in [1.165, 1.54) is 63.1 Å². The van der Waals surface area contributed by atoms with Crippen LogP contribution in [0.3, 0.4) is 0 Å². The summed E-state index contributed by atoms with van der Waals surface area (Å²) in [5.74, 6) is -1.62. The van der Waals surface area contributed by atoms with Gasteiger partial charge in [-0.2, -0.15) is 0 Å². The first-order chi connectivity index (χ1) is 33.6. The highest BCUT2D eigenvalue weighted by Gasteiger charge is 2.65. The molecule has 2 N–H and O–H groups in total. The van der Waals surface area contributed by atoms with E-state index in [9.17, 15) is 29.5 Å². The summed E-state index contributed by atoms with van der Waals surface area (Å²) in [7, 11) is 1.71. The number of ether oxygens (including phenoxy) is 4. The number of nitrogens with zero attached hydrogens (tertiary/aromatic N) is 3. The largest absolute Gasteiger partial charge is 0.489 e. The van der Waals surface area contributed by atoms with Gasteiger partial charge in [0.05, 0.1) is 29.8 Å². The average molecular weight is 956 g/mol. The van der Waals surface area contributed by atoms with Crippen LogP contribution in [0, 0.1) is 33.7 Å². The van der Waals surface area contributed by atoms with Crippen LogP contribution in [-0.2, 0) is 27.5 Å². The number of carbonyl (C=O) groups excluding carboxylic acids is 1. The Kier molecular flexibility index (Phi) is 20.9. The molecule has 1 aliphatic heterocycles. The zero-order valence-corrected chi connectivity index (χ0v) is 40.7. The molecule has 14 heteroatoms. The SMILES string of the molecule is C=CCO[C@@]12Oc3ccc(OCc4ccccc4F)cc3[C@H]3[C@H](CCCCO)[C@@H](CCCCO)C=C(C(=NOCc4ccc([N+](=O)[O-])cc4)C[C@@H]1N(C)C(=O)OCCCCCCCCCCCC)[C@H]32. The van der Waals surface area contributed by atoms with Crippen LogP contribution >= 0.6 is 0 Å². The molecular formula is C55H74FN3O10. The molecule has 3 aromatic rings. The molecule has 0 aromatic heterocycles. The van der Waals surface area contributed by atoms with Crippen LogP contribution in [0.5, 0.6) is 11.5 Å². The molecule has 1 amide bonds. The van der Waals surface area contributed by atoms with Crippen molar-refractivity contribution in [1.29, 1.82) is 0 Å². The first-order valence-corrected chi connectivity index (χ1v) is 25.3. The summed E-state index contributed by atoms with van der Waals surface area (Å²) >= 11 is 0. The van der Waals surface area contributed by atoms with Gasteiger partial charge in [-0.05, 0) is 91.5 Å². The Bertz CT molecular complexity index is 2170. The van der Waals surface area contributed by atoms with Crippen molar-refractivity contribution in [3.8, 4) is 11.5 Å². The molecule has 0 spiro atoms. The summed E-state index contributed by atoms with van der Waals surface area (Å²) in [6, 6.07) is 17.5. The Morgan fingerprint density at radius 3 is 2.30 bits per heavy atom. The minimum Gasteiger partial charge on any atom is -0.489 e. The topological polar surface area (TPSA) is 162 Å². The summed E-state index contributed by atoms with van der Waals surface area (Å²) in [6.45, 7) is 6.77. The molecule has 3 aromatic carbocycles. The first-order valence-electron chi connectivity index (χ1n) is 25.3. The Balaban J connectivity index is 1.39. The Hall–Kier alpha value is -5.31. The number of oxime groups is 1. The van der Waals surface area contributed by atoms with E-state index in [-0.39, 0.29) is 75.3 Å². The molecule has 0 bridgehead atoms. The number of likely N-dealkylation sites (N-methyl/N-ethyl adjacent to an activating group) is 1. The van der Waals surface area contributed by atoms with Crippen LogP contribution < -0.4 is 9.47 Å². The average Bonchev–Trinajstić information content (AvgIpc) is 3.35. The number of hydrogen-bond donors (Lipinski definition) is 2. The molecule has 0 radical (unpaired) electrons. The molecule has 1 heterocycles. The normalized spacial score (nSPS) is 21.9. The van der Waals surface area contributed by atoms with E-state index < -0.39 is 28.8 Å². The second kappa shape index (κ2) is 27.2. The van der Waals surface area contributed by atoms with Crippen LogP contribution in [0.25, 0.3) is 0 Å². The van der Waals surface area contributed by atoms with Crippen molar-refractivity contribution in [3.05, 3.63) is 124 Å². The Labute approximate surface area is 407 Å². The smallest absolute Gasteiger partial charge is 0.409 e. The van der Waals surface area contributed by atoms with Gasteiger partial charge in [-0.3, -0.25) is 10.1 Å². The number of hydrogen-bond acceptors (Lipinski definition) is 11. The van der Waals surface area contributed by atoms with Crippen molar-refractivity contribution in [2.75, 3.05) is 33.5 Å². The Morgan fingerprint density at radius 1 is 0.928 bits per heavy atom. The summed E-state index contributed by atoms with van der Waals surface area (Å²) in [6.07, 6.45) is 19.4. The highest BCUT2D eigenvalue weighted by molar-refractivity contribution is 6.03. The van der Waals surface area contributed by atoms with Crippen molar-refractivity contribution in [3.63, 3.8) is 0 Å². The molecule has 6 rings (SSSR count). The van der Waals surface area contributed by atoms with Gasteiger partial charge in [0.25, 0.3) is 5.69 Å². The van der Waals surface area contributed by atoms with Gasteiger partial charge in [-0.1, -0.05) is 113 Å². The second-order valence-corrected chi connectivity index (χ2v) is 18.8. The molecule has 0 saturated heterocycles. The van der Waals surface area contributed by atoms with E-state index in [0.29, 0.717) is 41.2 Å². The van der Waals surface area contributed by atoms with Crippen LogP contribution in [-0.4, -0.2) is 77.1 Å². The van der Waals surface area contributed by atoms with E-state index in [4.69, 9.17) is 28.9 Å². The van der Waals surface area contributed by atoms with E-state index in [1.807, 2.05) is 18.2 Å². The maximum atomic E-state index is 14.8. The quantitative estimate of drug-likeness (QED) is 0.0285. The van der Waals surface area contributed by atoms with Crippen molar-refractivity contribution in [2.45, 2.75) is 147 Å². The number of fused-ring (bicyclic) bond motifs is 2. The zero-order valence-electron chi connectivity index (χ0n) is 40.7. The lowest BCUT2D eigenvalue weighted by molar-refractivity contribution is -0.384. The van der Waals surface area contributed by atoms with E-state index in [0.717, 1.165) is 56.1 Å². The molecule has 0 unspecified atom stereocenters. The molecule has 3 aliphatic rings. The lowest BCUT2D eigenvalue weighted by Crippen LogP contribution is -2.69. The molecule has 6 atom stereocenters. The maximum absolute atomic E-state index is 14.8. The van der Waals surface area contributed by atoms with Crippen LogP contribution in [0.4, 0.5) is 14.9 Å². The van der Waals surface area contributed by atoms with Gasteiger partial charge in [0, 0.05) is 55.9 Å². The highest BCUT2D eigenvalue weighted by atomic mass is 19.1. The zero-order chi connectivity index (χ0) is 49.0. The summed E-state index contributed by atoms with van der Waals surface area (Å²) in [4.78, 5) is 32.9. The third-order valence-electron chi connectivity index (χ3n) is 14.0. The van der Waals surface area contributed by atoms with Crippen molar-refractivity contribution in [2.24, 2.45) is 22.9 Å². The van der Waals surface area contributed by atoms with Gasteiger partial charge < -0.3 is 38.9 Å². The fourth-order valence-corrected chi connectivity index (χ4v) is 10.5. The molecular weight excluding hydrogens is 882 g/mol. The van der Waals surface area contributed by atoms with Gasteiger partial charge in [0.15, 0.2) is 0 Å². The van der Waals surface area contributed by atoms with Crippen LogP contribution in [0.15, 0.2) is 96.2 Å². The van der Waals surface area contributed by atoms with Gasteiger partial charge in [-0.25, -0.2) is 9.18 Å². The number of aliphatic hydroxyl groups is 2. The fourth-order valence-electron chi connectivity index (χ4n) is 10.5. The number of non-ortho nitro benzene ring substituents is 1. The minimum atomic E-state index is -1.47. The number of unbranched alkanes of at least 4 members (excludes halogenated alkanes) is 11. The maximum Gasteiger partial charge on any atom is 0.409 e. The molecule has 376 valence electrons. The predicted molar refractivity (Wildman–Crippen MR) is 265 cm³/mol.